The Balaban J connectivity index is 1.57. The average Bonchev–Trinajstić information content (AvgIpc) is 3.40. The molecule has 1 fully saturated rings. The molecule has 3 atom stereocenters. The number of carbonyl (C=O) groups is 2. The predicted octanol–water partition coefficient (Wildman–Crippen LogP) is 7.10. The molecule has 0 saturated heterocycles. The number of rotatable bonds is 13. The average molecular weight is 599 g/mol. The van der Waals surface area contributed by atoms with Gasteiger partial charge in [0, 0.05) is 18.9 Å². The number of carbonyl (C=O) groups excluding carboxylic acids is 2. The third-order valence-electron chi connectivity index (χ3n) is 8.66. The summed E-state index contributed by atoms with van der Waals surface area (Å²) in [7, 11) is -1.27. The van der Waals surface area contributed by atoms with E-state index >= 15 is 0 Å². The molecule has 0 aliphatic heterocycles. The summed E-state index contributed by atoms with van der Waals surface area (Å²) in [5, 5.41) is 2.42. The normalized spacial score (nSPS) is 18.9. The van der Waals surface area contributed by atoms with E-state index in [0.29, 0.717) is 18.6 Å². The van der Waals surface area contributed by atoms with E-state index < -0.39 is 8.32 Å². The van der Waals surface area contributed by atoms with E-state index in [9.17, 15) is 9.59 Å². The summed E-state index contributed by atoms with van der Waals surface area (Å²) in [4.78, 5) is 24.6. The van der Waals surface area contributed by atoms with Gasteiger partial charge in [0.15, 0.2) is 0 Å². The van der Waals surface area contributed by atoms with Crippen molar-refractivity contribution in [3.05, 3.63) is 109 Å². The van der Waals surface area contributed by atoms with Crippen molar-refractivity contribution in [2.75, 3.05) is 13.7 Å². The number of unbranched alkanes of at least 4 members (excludes halogenated alkanes) is 1. The van der Waals surface area contributed by atoms with E-state index in [1.54, 1.807) is 12.1 Å². The van der Waals surface area contributed by atoms with E-state index in [2.05, 4.69) is 93.6 Å². The molecule has 0 spiro atoms. The molecule has 0 N–H and O–H groups in total. The van der Waals surface area contributed by atoms with E-state index in [-0.39, 0.29) is 34.9 Å². The largest absolute Gasteiger partial charge is 0.469 e. The summed E-state index contributed by atoms with van der Waals surface area (Å²) in [5.41, 5.74) is 0.576. The Labute approximate surface area is 258 Å². The lowest BCUT2D eigenvalue weighted by atomic mass is 9.91. The number of hydrogen-bond acceptors (Lipinski definition) is 5. The van der Waals surface area contributed by atoms with Gasteiger partial charge in [-0.2, -0.15) is 0 Å². The topological polar surface area (TPSA) is 61.8 Å². The van der Waals surface area contributed by atoms with Crippen LogP contribution in [-0.2, 0) is 18.7 Å². The maximum absolute atomic E-state index is 13.1. The number of allylic oxidation sites excluding steroid dienone is 2. The van der Waals surface area contributed by atoms with Crippen LogP contribution in [-0.4, -0.2) is 40.1 Å². The zero-order valence-corrected chi connectivity index (χ0v) is 27.0. The van der Waals surface area contributed by atoms with Gasteiger partial charge < -0.3 is 13.9 Å². The van der Waals surface area contributed by atoms with Crippen LogP contribution >= 0.6 is 0 Å². The SMILES string of the molecule is COC(=O)CCC/C=C\C[C@@H]1[C@@H](CO[Si](c2ccccc2)(c2ccccc2)C(C)(C)C)CC[C@@H]1OC(=O)c1ccccc1. The maximum Gasteiger partial charge on any atom is 0.338 e. The van der Waals surface area contributed by atoms with E-state index in [1.165, 1.54) is 17.5 Å². The predicted molar refractivity (Wildman–Crippen MR) is 175 cm³/mol. The van der Waals surface area contributed by atoms with Crippen LogP contribution in [0.5, 0.6) is 0 Å². The van der Waals surface area contributed by atoms with Gasteiger partial charge in [0.2, 0.25) is 0 Å². The molecule has 3 aromatic carbocycles. The lowest BCUT2D eigenvalue weighted by molar-refractivity contribution is -0.140. The molecule has 3 aromatic rings. The van der Waals surface area contributed by atoms with Gasteiger partial charge in [0.1, 0.15) is 6.10 Å². The summed E-state index contributed by atoms with van der Waals surface area (Å²) in [6.07, 6.45) is 8.65. The van der Waals surface area contributed by atoms with Crippen molar-refractivity contribution < 1.29 is 23.5 Å². The van der Waals surface area contributed by atoms with Gasteiger partial charge in [-0.05, 0) is 65.6 Å². The molecule has 0 amide bonds. The molecule has 4 rings (SSSR count). The first-order valence-electron chi connectivity index (χ1n) is 15.5. The Morgan fingerprint density at radius 3 is 1.98 bits per heavy atom. The highest BCUT2D eigenvalue weighted by molar-refractivity contribution is 6.99. The molecule has 1 saturated carbocycles. The molecule has 0 radical (unpaired) electrons. The third-order valence-corrected chi connectivity index (χ3v) is 13.7. The van der Waals surface area contributed by atoms with Gasteiger partial charge >= 0.3 is 11.9 Å². The van der Waals surface area contributed by atoms with Crippen molar-refractivity contribution in [2.24, 2.45) is 11.8 Å². The second-order valence-corrected chi connectivity index (χ2v) is 16.8. The fourth-order valence-electron chi connectivity index (χ4n) is 6.42. The summed E-state index contributed by atoms with van der Waals surface area (Å²) in [5.74, 6) is -0.0680. The minimum atomic E-state index is -2.69. The number of methoxy groups -OCH3 is 1. The summed E-state index contributed by atoms with van der Waals surface area (Å²) < 4.78 is 18.2. The van der Waals surface area contributed by atoms with Crippen molar-refractivity contribution >= 4 is 30.6 Å². The highest BCUT2D eigenvalue weighted by atomic mass is 28.4. The van der Waals surface area contributed by atoms with Gasteiger partial charge in [-0.1, -0.05) is 112 Å². The van der Waals surface area contributed by atoms with Gasteiger partial charge in [-0.25, -0.2) is 4.79 Å². The monoisotopic (exact) mass is 598 g/mol. The quantitative estimate of drug-likeness (QED) is 0.0909. The number of benzene rings is 3. The first-order chi connectivity index (χ1) is 20.8. The number of hydrogen-bond donors (Lipinski definition) is 0. The van der Waals surface area contributed by atoms with Crippen LogP contribution in [0.4, 0.5) is 0 Å². The van der Waals surface area contributed by atoms with Crippen molar-refractivity contribution in [2.45, 2.75) is 70.4 Å². The molecule has 0 bridgehead atoms. The molecule has 5 nitrogen and oxygen atoms in total. The van der Waals surface area contributed by atoms with Crippen molar-refractivity contribution in [3.8, 4) is 0 Å². The Morgan fingerprint density at radius 2 is 1.42 bits per heavy atom. The second kappa shape index (κ2) is 15.3. The van der Waals surface area contributed by atoms with Crippen molar-refractivity contribution in [1.29, 1.82) is 0 Å². The van der Waals surface area contributed by atoms with E-state index in [0.717, 1.165) is 32.1 Å². The molecule has 6 heteroatoms. The van der Waals surface area contributed by atoms with Crippen LogP contribution in [0.1, 0.15) is 69.7 Å². The van der Waals surface area contributed by atoms with Crippen molar-refractivity contribution in [3.63, 3.8) is 0 Å². The number of esters is 2. The molecule has 0 aromatic heterocycles. The lowest BCUT2D eigenvalue weighted by Crippen LogP contribution is -2.67. The first kappa shape index (κ1) is 32.4. The summed E-state index contributed by atoms with van der Waals surface area (Å²) >= 11 is 0. The van der Waals surface area contributed by atoms with Crippen LogP contribution in [0, 0.1) is 11.8 Å². The standard InChI is InChI=1S/C37H46O5Si/c1-37(2,3)43(31-20-12-8-13-21-31,32-22-14-9-15-23-32)41-28-30-26-27-34(42-36(39)29-18-10-7-11-19-29)33(30)24-16-5-6-17-25-35(38)40-4/h5,7-16,18-23,30,33-34H,6,17,24-28H2,1-4H3/b16-5-/t30-,33-,34+/m1/s1. The Bertz CT molecular complexity index is 1280. The van der Waals surface area contributed by atoms with Gasteiger partial charge in [0.05, 0.1) is 12.7 Å². The maximum atomic E-state index is 13.1. The Hall–Kier alpha value is -3.48. The number of ether oxygens (including phenoxy) is 2. The minimum Gasteiger partial charge on any atom is -0.469 e. The first-order valence-corrected chi connectivity index (χ1v) is 17.4. The fourth-order valence-corrected chi connectivity index (χ4v) is 11.0. The third kappa shape index (κ3) is 8.12. The van der Waals surface area contributed by atoms with Crippen LogP contribution in [0.3, 0.4) is 0 Å². The molecule has 43 heavy (non-hydrogen) atoms. The summed E-state index contributed by atoms with van der Waals surface area (Å²) in [6.45, 7) is 7.50. The molecule has 228 valence electrons. The zero-order chi connectivity index (χ0) is 30.7. The van der Waals surface area contributed by atoms with Crippen LogP contribution < -0.4 is 10.4 Å². The van der Waals surface area contributed by atoms with Crippen LogP contribution in [0.25, 0.3) is 0 Å². The lowest BCUT2D eigenvalue weighted by Gasteiger charge is -2.44. The van der Waals surface area contributed by atoms with Crippen LogP contribution in [0.15, 0.2) is 103 Å². The summed E-state index contributed by atoms with van der Waals surface area (Å²) in [6, 6.07) is 30.7. The Morgan fingerprint density at radius 1 is 0.837 bits per heavy atom. The highest BCUT2D eigenvalue weighted by Gasteiger charge is 2.51. The molecular weight excluding hydrogens is 552 g/mol. The van der Waals surface area contributed by atoms with Gasteiger partial charge in [0.25, 0.3) is 8.32 Å². The zero-order valence-electron chi connectivity index (χ0n) is 26.0. The molecule has 0 unspecified atom stereocenters. The minimum absolute atomic E-state index is 0.109. The second-order valence-electron chi connectivity index (χ2n) is 12.5. The van der Waals surface area contributed by atoms with Crippen molar-refractivity contribution in [1.82, 2.24) is 0 Å². The smallest absolute Gasteiger partial charge is 0.338 e. The van der Waals surface area contributed by atoms with E-state index in [4.69, 9.17) is 13.9 Å². The molecule has 1 aliphatic carbocycles. The van der Waals surface area contributed by atoms with Crippen LogP contribution in [0.2, 0.25) is 5.04 Å². The van der Waals surface area contributed by atoms with Gasteiger partial charge in [-0.15, -0.1) is 0 Å². The molecular formula is C37H46O5Si. The fraction of sp³-hybridized carbons (Fsp3) is 0.405. The van der Waals surface area contributed by atoms with E-state index in [1.807, 2.05) is 18.2 Å². The molecule has 1 aliphatic rings. The Kier molecular flexibility index (Phi) is 11.5. The molecule has 0 heterocycles. The van der Waals surface area contributed by atoms with Gasteiger partial charge in [-0.3, -0.25) is 4.79 Å². The highest BCUT2D eigenvalue weighted by Crippen LogP contribution is 2.41.